The molecule has 35 heavy (non-hydrogen) atoms. The maximum atomic E-state index is 13.0. The van der Waals surface area contributed by atoms with Crippen LogP contribution in [-0.4, -0.2) is 62.4 Å². The van der Waals surface area contributed by atoms with E-state index in [1.165, 1.54) is 44.8 Å². The van der Waals surface area contributed by atoms with Crippen molar-refractivity contribution in [1.82, 2.24) is 9.21 Å². The normalized spacial score (nSPS) is 18.4. The fourth-order valence-corrected chi connectivity index (χ4v) is 7.16. The van der Waals surface area contributed by atoms with Crippen molar-refractivity contribution in [3.8, 4) is 6.07 Å². The highest BCUT2D eigenvalue weighted by Gasteiger charge is 2.31. The molecule has 2 aromatic rings. The molecule has 9 nitrogen and oxygen atoms in total. The van der Waals surface area contributed by atoms with Crippen LogP contribution in [0, 0.1) is 17.2 Å². The Hall–Kier alpha value is -2.94. The molecular formula is C24H28N4O5S2. The molecule has 1 aliphatic heterocycles. The van der Waals surface area contributed by atoms with Gasteiger partial charge in [0.25, 0.3) is 5.91 Å². The van der Waals surface area contributed by atoms with Gasteiger partial charge in [-0.3, -0.25) is 4.79 Å². The highest BCUT2D eigenvalue weighted by Crippen LogP contribution is 2.39. The van der Waals surface area contributed by atoms with Gasteiger partial charge in [-0.1, -0.05) is 6.92 Å². The van der Waals surface area contributed by atoms with Gasteiger partial charge in [0.1, 0.15) is 11.1 Å². The van der Waals surface area contributed by atoms with Crippen molar-refractivity contribution in [3.63, 3.8) is 0 Å². The van der Waals surface area contributed by atoms with Gasteiger partial charge < -0.3 is 15.0 Å². The van der Waals surface area contributed by atoms with Crippen LogP contribution in [0.5, 0.6) is 0 Å². The molecule has 2 amide bonds. The van der Waals surface area contributed by atoms with Crippen LogP contribution in [0.1, 0.15) is 46.6 Å². The number of piperazine rings is 1. The van der Waals surface area contributed by atoms with Gasteiger partial charge in [0, 0.05) is 36.6 Å². The zero-order valence-corrected chi connectivity index (χ0v) is 21.4. The molecule has 2 heterocycles. The van der Waals surface area contributed by atoms with Gasteiger partial charge in [0.05, 0.1) is 17.1 Å². The molecular weight excluding hydrogens is 488 g/mol. The number of fused-ring (bicyclic) bond motifs is 1. The number of carbonyl (C=O) groups excluding carboxylic acids is 2. The lowest BCUT2D eigenvalue weighted by molar-refractivity contribution is 0.0933. The number of nitriles is 1. The number of thiophene rings is 1. The van der Waals surface area contributed by atoms with E-state index in [0.717, 1.165) is 29.7 Å². The fraction of sp³-hybridized carbons (Fsp3) is 0.458. The van der Waals surface area contributed by atoms with Gasteiger partial charge >= 0.3 is 6.09 Å². The summed E-state index contributed by atoms with van der Waals surface area (Å²) in [5.74, 6) is 0.166. The summed E-state index contributed by atoms with van der Waals surface area (Å²) in [4.78, 5) is 27.4. The van der Waals surface area contributed by atoms with Crippen LogP contribution in [0.2, 0.25) is 0 Å². The summed E-state index contributed by atoms with van der Waals surface area (Å²) in [5, 5.41) is 13.0. The standard InChI is InChI=1S/C24H28N4O5S2/c1-3-33-24(30)27-10-12-28(13-11-27)35(31,32)18-7-5-17(6-8-18)22(29)26-23-20(15-25)19-9-4-16(2)14-21(19)34-23/h5-8,16H,3-4,9-14H2,1-2H3,(H,26,29)/t16-/m0/s1. The maximum Gasteiger partial charge on any atom is 0.409 e. The topological polar surface area (TPSA) is 120 Å². The molecule has 1 N–H and O–H groups in total. The molecule has 11 heteroatoms. The molecule has 4 rings (SSSR count). The van der Waals surface area contributed by atoms with E-state index in [9.17, 15) is 23.3 Å². The van der Waals surface area contributed by atoms with Gasteiger partial charge in [-0.05, 0) is 61.9 Å². The summed E-state index contributed by atoms with van der Waals surface area (Å²) in [7, 11) is -3.76. The number of benzene rings is 1. The van der Waals surface area contributed by atoms with Crippen LogP contribution in [-0.2, 0) is 27.6 Å². The molecule has 1 aliphatic carbocycles. The summed E-state index contributed by atoms with van der Waals surface area (Å²) in [6.07, 6.45) is 2.33. The largest absolute Gasteiger partial charge is 0.450 e. The van der Waals surface area contributed by atoms with E-state index in [2.05, 4.69) is 18.3 Å². The van der Waals surface area contributed by atoms with Crippen molar-refractivity contribution in [2.24, 2.45) is 5.92 Å². The summed E-state index contributed by atoms with van der Waals surface area (Å²) in [6, 6.07) is 8.00. The molecule has 0 bridgehead atoms. The molecule has 1 fully saturated rings. The minimum Gasteiger partial charge on any atom is -0.450 e. The Morgan fingerprint density at radius 1 is 1.20 bits per heavy atom. The van der Waals surface area contributed by atoms with Crippen LogP contribution in [0.4, 0.5) is 9.80 Å². The van der Waals surface area contributed by atoms with Crippen molar-refractivity contribution in [2.45, 2.75) is 38.0 Å². The van der Waals surface area contributed by atoms with E-state index in [-0.39, 0.29) is 43.6 Å². The highest BCUT2D eigenvalue weighted by atomic mass is 32.2. The number of ether oxygens (including phenoxy) is 1. The number of nitrogens with one attached hydrogen (secondary N) is 1. The van der Waals surface area contributed by atoms with Crippen molar-refractivity contribution >= 4 is 38.4 Å². The summed E-state index contributed by atoms with van der Waals surface area (Å²) in [5.41, 5.74) is 1.88. The van der Waals surface area contributed by atoms with Crippen molar-refractivity contribution in [3.05, 3.63) is 45.8 Å². The smallest absolute Gasteiger partial charge is 0.409 e. The second kappa shape index (κ2) is 10.4. The zero-order valence-electron chi connectivity index (χ0n) is 19.7. The Kier molecular flexibility index (Phi) is 7.44. The maximum absolute atomic E-state index is 13.0. The van der Waals surface area contributed by atoms with Gasteiger partial charge in [-0.2, -0.15) is 9.57 Å². The van der Waals surface area contributed by atoms with E-state index in [4.69, 9.17) is 4.74 Å². The first-order valence-corrected chi connectivity index (χ1v) is 13.9. The quantitative estimate of drug-likeness (QED) is 0.650. The summed E-state index contributed by atoms with van der Waals surface area (Å²) >= 11 is 1.45. The summed E-state index contributed by atoms with van der Waals surface area (Å²) in [6.45, 7) is 5.02. The monoisotopic (exact) mass is 516 g/mol. The third kappa shape index (κ3) is 5.19. The minimum absolute atomic E-state index is 0.0805. The van der Waals surface area contributed by atoms with Crippen molar-refractivity contribution < 1.29 is 22.7 Å². The van der Waals surface area contributed by atoms with Gasteiger partial charge in [0.15, 0.2) is 0 Å². The molecule has 0 radical (unpaired) electrons. The Bertz CT molecular complexity index is 1260. The van der Waals surface area contributed by atoms with E-state index >= 15 is 0 Å². The molecule has 1 aromatic carbocycles. The third-order valence-corrected chi connectivity index (χ3v) is 9.45. The zero-order chi connectivity index (χ0) is 25.2. The number of rotatable bonds is 5. The summed E-state index contributed by atoms with van der Waals surface area (Å²) < 4.78 is 32.4. The lowest BCUT2D eigenvalue weighted by Gasteiger charge is -2.33. The van der Waals surface area contributed by atoms with Gasteiger partial charge in [-0.25, -0.2) is 13.2 Å². The van der Waals surface area contributed by atoms with E-state index in [1.54, 1.807) is 6.92 Å². The molecule has 0 spiro atoms. The predicted molar refractivity (Wildman–Crippen MR) is 132 cm³/mol. The second-order valence-electron chi connectivity index (χ2n) is 8.74. The van der Waals surface area contributed by atoms with E-state index in [0.29, 0.717) is 22.0 Å². The van der Waals surface area contributed by atoms with Crippen LogP contribution >= 0.6 is 11.3 Å². The number of hydrogen-bond acceptors (Lipinski definition) is 7. The average Bonchev–Trinajstić information content (AvgIpc) is 3.20. The highest BCUT2D eigenvalue weighted by molar-refractivity contribution is 7.89. The van der Waals surface area contributed by atoms with Crippen LogP contribution in [0.15, 0.2) is 29.2 Å². The third-order valence-electron chi connectivity index (χ3n) is 6.37. The van der Waals surface area contributed by atoms with Gasteiger partial charge in [0.2, 0.25) is 10.0 Å². The Labute approximate surface area is 209 Å². The fourth-order valence-electron chi connectivity index (χ4n) is 4.39. The van der Waals surface area contributed by atoms with E-state index in [1.807, 2.05) is 0 Å². The molecule has 0 unspecified atom stereocenters. The van der Waals surface area contributed by atoms with Crippen LogP contribution in [0.3, 0.4) is 0 Å². The molecule has 1 saturated heterocycles. The second-order valence-corrected chi connectivity index (χ2v) is 11.8. The van der Waals surface area contributed by atoms with Crippen molar-refractivity contribution in [2.75, 3.05) is 38.1 Å². The molecule has 186 valence electrons. The lowest BCUT2D eigenvalue weighted by Crippen LogP contribution is -2.50. The van der Waals surface area contributed by atoms with E-state index < -0.39 is 16.1 Å². The van der Waals surface area contributed by atoms with Crippen LogP contribution in [0.25, 0.3) is 0 Å². The number of hydrogen-bond donors (Lipinski definition) is 1. The lowest BCUT2D eigenvalue weighted by atomic mass is 9.88. The van der Waals surface area contributed by atoms with Gasteiger partial charge in [-0.15, -0.1) is 11.3 Å². The minimum atomic E-state index is -3.76. The number of sulfonamides is 1. The first-order valence-electron chi connectivity index (χ1n) is 11.6. The first kappa shape index (κ1) is 25.2. The Balaban J connectivity index is 1.43. The first-order chi connectivity index (χ1) is 16.7. The Morgan fingerprint density at radius 3 is 2.51 bits per heavy atom. The molecule has 1 atom stereocenters. The predicted octanol–water partition coefficient (Wildman–Crippen LogP) is 3.46. The number of amides is 2. The molecule has 1 aromatic heterocycles. The van der Waals surface area contributed by atoms with Crippen LogP contribution < -0.4 is 5.32 Å². The van der Waals surface area contributed by atoms with Crippen molar-refractivity contribution in [1.29, 1.82) is 5.26 Å². The molecule has 2 aliphatic rings. The number of anilines is 1. The number of nitrogens with zero attached hydrogens (tertiary/aromatic N) is 3. The molecule has 0 saturated carbocycles. The SMILES string of the molecule is CCOC(=O)N1CCN(S(=O)(=O)c2ccc(C(=O)Nc3sc4c(c3C#N)CC[C@H](C)C4)cc2)CC1. The Morgan fingerprint density at radius 2 is 1.89 bits per heavy atom. The number of carbonyl (C=O) groups is 2. The average molecular weight is 517 g/mol.